The molecule has 1 aromatic carbocycles. The molecule has 1 atom stereocenters. The first-order valence-electron chi connectivity index (χ1n) is 8.01. The third-order valence-electron chi connectivity index (χ3n) is 3.61. The molecule has 9 nitrogen and oxygen atoms in total. The normalized spacial score (nSPS) is 13.7. The molecule has 1 heterocycles. The van der Waals surface area contributed by atoms with Crippen molar-refractivity contribution < 1.29 is 31.2 Å². The molecule has 0 saturated carbocycles. The minimum absolute atomic E-state index is 0.0917. The molecule has 0 fully saturated rings. The van der Waals surface area contributed by atoms with Gasteiger partial charge in [0.15, 0.2) is 0 Å². The first kappa shape index (κ1) is 21.6. The fraction of sp³-hybridized carbons (Fsp3) is 0.400. The molecule has 0 saturated heterocycles. The van der Waals surface area contributed by atoms with Crippen LogP contribution in [0.15, 0.2) is 43.6 Å². The molecule has 0 aliphatic rings. The molecule has 0 amide bonds. The number of rotatable bonds is 9. The second-order valence-electron chi connectivity index (χ2n) is 5.17. The van der Waals surface area contributed by atoms with Crippen molar-refractivity contribution in [2.24, 2.45) is 14.6 Å². The van der Waals surface area contributed by atoms with Gasteiger partial charge in [-0.2, -0.15) is 13.1 Å². The van der Waals surface area contributed by atoms with Gasteiger partial charge in [0, 0.05) is 25.2 Å². The summed E-state index contributed by atoms with van der Waals surface area (Å²) in [7, 11) is -3.53. The molecule has 0 N–H and O–H groups in total. The van der Waals surface area contributed by atoms with E-state index in [2.05, 4.69) is 28.7 Å². The Morgan fingerprint density at radius 1 is 1.25 bits per heavy atom. The third-order valence-corrected chi connectivity index (χ3v) is 4.69. The van der Waals surface area contributed by atoms with Crippen molar-refractivity contribution >= 4 is 32.9 Å². The van der Waals surface area contributed by atoms with E-state index in [4.69, 9.17) is 4.74 Å². The fourth-order valence-electron chi connectivity index (χ4n) is 2.26. The highest BCUT2D eigenvalue weighted by Crippen LogP contribution is 2.42. The molecule has 154 valence electrons. The summed E-state index contributed by atoms with van der Waals surface area (Å²) in [5, 5.41) is 11.1. The van der Waals surface area contributed by atoms with E-state index < -0.39 is 15.8 Å². The zero-order valence-electron chi connectivity index (χ0n) is 15.2. The minimum atomic E-state index is -4.94. The topological polar surface area (TPSA) is 102 Å². The SMILES string of the molecule is CCN(CC)c1cc(N=S(=O)(OF)C(F)F)c(N=Nc2ccon2)cc1OC. The Labute approximate surface area is 159 Å². The van der Waals surface area contributed by atoms with Gasteiger partial charge in [-0.15, -0.1) is 10.2 Å². The van der Waals surface area contributed by atoms with Gasteiger partial charge in [-0.05, 0) is 24.4 Å². The van der Waals surface area contributed by atoms with E-state index in [-0.39, 0.29) is 17.2 Å². The highest BCUT2D eigenvalue weighted by molar-refractivity contribution is 7.89. The molecule has 13 heteroatoms. The number of methoxy groups -OCH3 is 1. The Morgan fingerprint density at radius 3 is 2.46 bits per heavy atom. The summed E-state index contributed by atoms with van der Waals surface area (Å²) in [6.07, 6.45) is 1.25. The van der Waals surface area contributed by atoms with Gasteiger partial charge in [-0.25, -0.2) is 4.21 Å². The van der Waals surface area contributed by atoms with Gasteiger partial charge in [-0.3, -0.25) is 0 Å². The third kappa shape index (κ3) is 4.78. The number of aromatic nitrogens is 1. The number of ether oxygens (including phenoxy) is 1. The van der Waals surface area contributed by atoms with Crippen LogP contribution in [-0.4, -0.2) is 35.3 Å². The van der Waals surface area contributed by atoms with Crippen molar-refractivity contribution in [1.82, 2.24) is 5.16 Å². The zero-order valence-corrected chi connectivity index (χ0v) is 16.0. The van der Waals surface area contributed by atoms with Crippen molar-refractivity contribution in [1.29, 1.82) is 0 Å². The van der Waals surface area contributed by atoms with E-state index in [1.165, 1.54) is 31.6 Å². The lowest BCUT2D eigenvalue weighted by Crippen LogP contribution is -2.22. The lowest BCUT2D eigenvalue weighted by Gasteiger charge is -2.24. The van der Waals surface area contributed by atoms with Crippen LogP contribution in [0.5, 0.6) is 5.75 Å². The molecule has 1 unspecified atom stereocenters. The highest BCUT2D eigenvalue weighted by atomic mass is 32.2. The van der Waals surface area contributed by atoms with Crippen LogP contribution in [0.1, 0.15) is 13.8 Å². The number of nitrogens with zero attached hydrogens (tertiary/aromatic N) is 5. The van der Waals surface area contributed by atoms with Crippen LogP contribution < -0.4 is 9.64 Å². The second-order valence-corrected chi connectivity index (χ2v) is 6.87. The molecule has 2 aromatic rings. The summed E-state index contributed by atoms with van der Waals surface area (Å²) in [5.74, 6) is -3.26. The summed E-state index contributed by atoms with van der Waals surface area (Å²) in [5.41, 5.74) is 0.0283. The number of azo groups is 1. The Kier molecular flexibility index (Phi) is 7.34. The molecule has 2 rings (SSSR count). The molecular weight excluding hydrogens is 403 g/mol. The van der Waals surface area contributed by atoms with E-state index in [1.54, 1.807) is 0 Å². The van der Waals surface area contributed by atoms with Crippen LogP contribution >= 0.6 is 0 Å². The Balaban J connectivity index is 2.71. The smallest absolute Gasteiger partial charge is 0.345 e. The Hall–Kier alpha value is -2.67. The fourth-order valence-corrected chi connectivity index (χ4v) is 2.84. The van der Waals surface area contributed by atoms with Crippen molar-refractivity contribution in [3.8, 4) is 5.75 Å². The number of benzene rings is 1. The quantitative estimate of drug-likeness (QED) is 0.523. The number of hydrogen-bond donors (Lipinski definition) is 0. The predicted octanol–water partition coefficient (Wildman–Crippen LogP) is 5.08. The van der Waals surface area contributed by atoms with Crippen LogP contribution in [0.25, 0.3) is 0 Å². The number of alkyl halides is 2. The molecule has 28 heavy (non-hydrogen) atoms. The largest absolute Gasteiger partial charge is 0.494 e. The van der Waals surface area contributed by atoms with E-state index >= 15 is 0 Å². The first-order valence-corrected chi connectivity index (χ1v) is 9.52. The van der Waals surface area contributed by atoms with Gasteiger partial charge in [0.2, 0.25) is 5.82 Å². The van der Waals surface area contributed by atoms with Gasteiger partial charge in [-0.1, -0.05) is 9.54 Å². The molecule has 1 aromatic heterocycles. The van der Waals surface area contributed by atoms with E-state index in [1.807, 2.05) is 18.7 Å². The summed E-state index contributed by atoms with van der Waals surface area (Å²) >= 11 is 0. The molecule has 0 bridgehead atoms. The minimum Gasteiger partial charge on any atom is -0.494 e. The number of halogens is 3. The maximum atomic E-state index is 13.0. The van der Waals surface area contributed by atoms with Crippen molar-refractivity contribution in [3.63, 3.8) is 0 Å². The maximum Gasteiger partial charge on any atom is 0.345 e. The molecule has 0 aliphatic carbocycles. The summed E-state index contributed by atoms with van der Waals surface area (Å²) < 4.78 is 66.7. The Bertz CT molecular complexity index is 926. The van der Waals surface area contributed by atoms with Crippen molar-refractivity contribution in [2.75, 3.05) is 25.1 Å². The van der Waals surface area contributed by atoms with Gasteiger partial charge in [0.25, 0.3) is 10.0 Å². The molecule has 0 aliphatic heterocycles. The maximum absolute atomic E-state index is 13.0. The monoisotopic (exact) mass is 421 g/mol. The summed E-state index contributed by atoms with van der Waals surface area (Å²) in [4.78, 5) is 1.83. The average molecular weight is 421 g/mol. The molecule has 0 spiro atoms. The standard InChI is InChI=1S/C15H18F3N5O4S/c1-4-23(5-2)12-8-11(22-28(24,27-18)15(16)17)10(9-13(12)25-3)19-20-14-6-7-26-21-14/h6-9,15H,4-5H2,1-3H3. The lowest BCUT2D eigenvalue weighted by molar-refractivity contribution is -0.000950. The van der Waals surface area contributed by atoms with Crippen molar-refractivity contribution in [3.05, 3.63) is 24.5 Å². The Morgan fingerprint density at radius 2 is 1.96 bits per heavy atom. The van der Waals surface area contributed by atoms with Gasteiger partial charge in [0.1, 0.15) is 23.4 Å². The van der Waals surface area contributed by atoms with E-state index in [9.17, 15) is 17.5 Å². The summed E-state index contributed by atoms with van der Waals surface area (Å²) in [6.45, 7) is 4.84. The van der Waals surface area contributed by atoms with Crippen molar-refractivity contribution in [2.45, 2.75) is 19.6 Å². The summed E-state index contributed by atoms with van der Waals surface area (Å²) in [6, 6.07) is 4.04. The van der Waals surface area contributed by atoms with Crippen LogP contribution in [0.4, 0.5) is 36.2 Å². The average Bonchev–Trinajstić information content (AvgIpc) is 3.21. The lowest BCUT2D eigenvalue weighted by atomic mass is 10.2. The van der Waals surface area contributed by atoms with Gasteiger partial charge < -0.3 is 14.2 Å². The molecule has 0 radical (unpaired) electrons. The van der Waals surface area contributed by atoms with Crippen LogP contribution in [0.2, 0.25) is 0 Å². The van der Waals surface area contributed by atoms with Crippen LogP contribution in [-0.2, 0) is 14.4 Å². The van der Waals surface area contributed by atoms with E-state index in [0.717, 1.165) is 0 Å². The van der Waals surface area contributed by atoms with Crippen LogP contribution in [0.3, 0.4) is 0 Å². The van der Waals surface area contributed by atoms with Crippen LogP contribution in [0, 0.1) is 0 Å². The van der Waals surface area contributed by atoms with Gasteiger partial charge in [0.05, 0.1) is 12.8 Å². The zero-order chi connectivity index (χ0) is 20.7. The second kappa shape index (κ2) is 9.50. The number of hydrogen-bond acceptors (Lipinski definition) is 9. The van der Waals surface area contributed by atoms with Gasteiger partial charge >= 0.3 is 5.76 Å². The molecular formula is C15H18F3N5O4S. The predicted molar refractivity (Wildman–Crippen MR) is 95.7 cm³/mol. The van der Waals surface area contributed by atoms with E-state index in [0.29, 0.717) is 24.5 Å². The number of anilines is 1. The first-order chi connectivity index (χ1) is 13.4. The highest BCUT2D eigenvalue weighted by Gasteiger charge is 2.26.